The Morgan fingerprint density at radius 1 is 1.06 bits per heavy atom. The average molecular weight is 515 g/mol. The molecule has 188 valence electrons. The molecule has 0 radical (unpaired) electrons. The van der Waals surface area contributed by atoms with Gasteiger partial charge in [0.05, 0.1) is 41.9 Å². The van der Waals surface area contributed by atoms with E-state index in [1.54, 1.807) is 0 Å². The number of nitrogens with one attached hydrogen (secondary N) is 1. The SMILES string of the molecule is CC1(C(F)(F)F)CN(C(=O)Nc2cnc(-n3nccn3)c(C(F)(F)F)c2)c2cnc3cc(F)nn3c21. The van der Waals surface area contributed by atoms with Gasteiger partial charge in [0.15, 0.2) is 11.5 Å². The minimum atomic E-state index is -4.93. The number of alkyl halides is 6. The zero-order chi connectivity index (χ0) is 26.0. The predicted molar refractivity (Wildman–Crippen MR) is 107 cm³/mol. The van der Waals surface area contributed by atoms with E-state index < -0.39 is 59.1 Å². The number of nitrogens with zero attached hydrogens (tertiary/aromatic N) is 8. The third kappa shape index (κ3) is 3.57. The van der Waals surface area contributed by atoms with Crippen LogP contribution in [0, 0.1) is 5.95 Å². The second-order valence-electron chi connectivity index (χ2n) is 7.99. The van der Waals surface area contributed by atoms with Crippen molar-refractivity contribution in [2.24, 2.45) is 0 Å². The Labute approximate surface area is 195 Å². The van der Waals surface area contributed by atoms with Gasteiger partial charge in [-0.1, -0.05) is 0 Å². The van der Waals surface area contributed by atoms with E-state index in [4.69, 9.17) is 0 Å². The second-order valence-corrected chi connectivity index (χ2v) is 7.99. The molecule has 1 unspecified atom stereocenters. The number of urea groups is 1. The quantitative estimate of drug-likeness (QED) is 0.408. The number of rotatable bonds is 2. The Hall–Kier alpha value is -4.31. The van der Waals surface area contributed by atoms with Crippen molar-refractivity contribution in [3.8, 4) is 5.82 Å². The molecule has 4 aromatic rings. The molecular weight excluding hydrogens is 503 g/mol. The first kappa shape index (κ1) is 23.4. The summed E-state index contributed by atoms with van der Waals surface area (Å²) in [6.07, 6.45) is -5.75. The summed E-state index contributed by atoms with van der Waals surface area (Å²) in [7, 11) is 0. The first-order valence-electron chi connectivity index (χ1n) is 9.93. The number of halogens is 7. The van der Waals surface area contributed by atoms with Gasteiger partial charge in [0, 0.05) is 12.6 Å². The molecule has 4 aromatic heterocycles. The van der Waals surface area contributed by atoms with Crippen molar-refractivity contribution in [3.05, 3.63) is 54.1 Å². The molecule has 0 aliphatic carbocycles. The van der Waals surface area contributed by atoms with Crippen molar-refractivity contribution in [2.75, 3.05) is 16.8 Å². The Bertz CT molecular complexity index is 1480. The summed E-state index contributed by atoms with van der Waals surface area (Å²) < 4.78 is 97.6. The zero-order valence-corrected chi connectivity index (χ0v) is 17.8. The van der Waals surface area contributed by atoms with Crippen LogP contribution in [0.1, 0.15) is 18.2 Å². The summed E-state index contributed by atoms with van der Waals surface area (Å²) in [5.41, 5.74) is -5.55. The monoisotopic (exact) mass is 515 g/mol. The number of hydrogen-bond donors (Lipinski definition) is 1. The Morgan fingerprint density at radius 2 is 1.75 bits per heavy atom. The van der Waals surface area contributed by atoms with Crippen molar-refractivity contribution >= 4 is 23.1 Å². The maximum atomic E-state index is 14.1. The van der Waals surface area contributed by atoms with Crippen molar-refractivity contribution in [2.45, 2.75) is 24.7 Å². The summed E-state index contributed by atoms with van der Waals surface area (Å²) in [6, 6.07) is 0.173. The number of fused-ring (bicyclic) bond motifs is 3. The molecule has 1 aliphatic rings. The number of anilines is 2. The molecular formula is C19H12F7N9O. The Kier molecular flexibility index (Phi) is 4.94. The second kappa shape index (κ2) is 7.59. The van der Waals surface area contributed by atoms with Gasteiger partial charge in [-0.15, -0.1) is 9.90 Å². The summed E-state index contributed by atoms with van der Waals surface area (Å²) in [5, 5.41) is 12.8. The topological polar surface area (TPSA) is 106 Å². The molecule has 36 heavy (non-hydrogen) atoms. The lowest BCUT2D eigenvalue weighted by atomic mass is 9.88. The molecule has 0 aromatic carbocycles. The third-order valence-corrected chi connectivity index (χ3v) is 5.62. The van der Waals surface area contributed by atoms with Gasteiger partial charge in [-0.25, -0.2) is 19.3 Å². The molecule has 1 atom stereocenters. The van der Waals surface area contributed by atoms with Crippen LogP contribution >= 0.6 is 0 Å². The molecule has 0 spiro atoms. The number of carbonyl (C=O) groups is 1. The molecule has 0 fully saturated rings. The van der Waals surface area contributed by atoms with Gasteiger partial charge in [-0.3, -0.25) is 4.90 Å². The van der Waals surface area contributed by atoms with Crippen LogP contribution in [-0.2, 0) is 11.6 Å². The van der Waals surface area contributed by atoms with Crippen LogP contribution in [0.4, 0.5) is 46.9 Å². The molecule has 2 amide bonds. The van der Waals surface area contributed by atoms with Crippen LogP contribution in [0.25, 0.3) is 11.5 Å². The van der Waals surface area contributed by atoms with Crippen molar-refractivity contribution < 1.29 is 35.5 Å². The van der Waals surface area contributed by atoms with Gasteiger partial charge in [0.25, 0.3) is 0 Å². The molecule has 17 heteroatoms. The standard InChI is InChI=1S/C19H12F7N9O/c1-17(19(24,25)26)8-33(11-7-27-13-5-12(20)32-34(13)14(11)17)16(36)31-9-4-10(18(21,22)23)15(28-6-9)35-29-2-3-30-35/h2-7H,8H2,1H3,(H,31,36). The molecule has 5 heterocycles. The van der Waals surface area contributed by atoms with Gasteiger partial charge in [0.1, 0.15) is 11.0 Å². The highest BCUT2D eigenvalue weighted by Gasteiger charge is 2.60. The van der Waals surface area contributed by atoms with Crippen molar-refractivity contribution in [1.82, 2.24) is 34.6 Å². The number of aromatic nitrogens is 7. The largest absolute Gasteiger partial charge is 0.420 e. The highest BCUT2D eigenvalue weighted by molar-refractivity contribution is 6.03. The van der Waals surface area contributed by atoms with Crippen molar-refractivity contribution in [1.29, 1.82) is 0 Å². The van der Waals surface area contributed by atoms with E-state index in [9.17, 15) is 35.5 Å². The zero-order valence-electron chi connectivity index (χ0n) is 17.8. The fourth-order valence-electron chi connectivity index (χ4n) is 3.90. The van der Waals surface area contributed by atoms with Crippen LogP contribution < -0.4 is 10.2 Å². The minimum Gasteiger partial charge on any atom is -0.306 e. The van der Waals surface area contributed by atoms with E-state index >= 15 is 0 Å². The highest BCUT2D eigenvalue weighted by Crippen LogP contribution is 2.50. The maximum absolute atomic E-state index is 14.1. The molecule has 0 bridgehead atoms. The predicted octanol–water partition coefficient (Wildman–Crippen LogP) is 3.74. The number of amides is 2. The lowest BCUT2D eigenvalue weighted by molar-refractivity contribution is -0.181. The molecule has 1 N–H and O–H groups in total. The van der Waals surface area contributed by atoms with E-state index in [1.165, 1.54) is 0 Å². The number of hydrogen-bond acceptors (Lipinski definition) is 6. The smallest absolute Gasteiger partial charge is 0.306 e. The summed E-state index contributed by atoms with van der Waals surface area (Å²) >= 11 is 0. The molecule has 10 nitrogen and oxygen atoms in total. The lowest BCUT2D eigenvalue weighted by Gasteiger charge is -2.28. The van der Waals surface area contributed by atoms with Gasteiger partial charge in [0.2, 0.25) is 5.95 Å². The third-order valence-electron chi connectivity index (χ3n) is 5.62. The van der Waals surface area contributed by atoms with Crippen LogP contribution in [-0.4, -0.2) is 53.3 Å². The van der Waals surface area contributed by atoms with E-state index in [1.807, 2.05) is 0 Å². The molecule has 0 saturated heterocycles. The summed E-state index contributed by atoms with van der Waals surface area (Å²) in [5.74, 6) is -1.75. The minimum absolute atomic E-state index is 0.217. The van der Waals surface area contributed by atoms with E-state index in [-0.39, 0.29) is 11.3 Å². The van der Waals surface area contributed by atoms with E-state index in [0.717, 1.165) is 37.8 Å². The van der Waals surface area contributed by atoms with E-state index in [2.05, 4.69) is 30.6 Å². The summed E-state index contributed by atoms with van der Waals surface area (Å²) in [6.45, 7) is -0.165. The average Bonchev–Trinajstić information content (AvgIpc) is 3.50. The van der Waals surface area contributed by atoms with Crippen LogP contribution in [0.2, 0.25) is 0 Å². The van der Waals surface area contributed by atoms with Crippen LogP contribution in [0.15, 0.2) is 36.9 Å². The lowest BCUT2D eigenvalue weighted by Crippen LogP contribution is -2.46. The number of pyridine rings is 1. The first-order chi connectivity index (χ1) is 16.8. The van der Waals surface area contributed by atoms with Crippen molar-refractivity contribution in [3.63, 3.8) is 0 Å². The van der Waals surface area contributed by atoms with Crippen LogP contribution in [0.5, 0.6) is 0 Å². The first-order valence-corrected chi connectivity index (χ1v) is 9.93. The Morgan fingerprint density at radius 3 is 2.39 bits per heavy atom. The van der Waals surface area contributed by atoms with Gasteiger partial charge in [-0.2, -0.15) is 40.9 Å². The van der Waals surface area contributed by atoms with Gasteiger partial charge in [-0.05, 0) is 13.0 Å². The van der Waals surface area contributed by atoms with Gasteiger partial charge < -0.3 is 5.32 Å². The highest BCUT2D eigenvalue weighted by atomic mass is 19.4. The van der Waals surface area contributed by atoms with Crippen LogP contribution in [0.3, 0.4) is 0 Å². The fourth-order valence-corrected chi connectivity index (χ4v) is 3.90. The maximum Gasteiger partial charge on any atom is 0.420 e. The van der Waals surface area contributed by atoms with Gasteiger partial charge >= 0.3 is 18.4 Å². The van der Waals surface area contributed by atoms with E-state index in [0.29, 0.717) is 20.3 Å². The Balaban J connectivity index is 1.54. The number of carbonyl (C=O) groups excluding carboxylic acids is 1. The molecule has 0 saturated carbocycles. The molecule has 1 aliphatic heterocycles. The molecule has 5 rings (SSSR count). The fraction of sp³-hybridized carbons (Fsp3) is 0.263. The normalized spacial score (nSPS) is 18.1. The summed E-state index contributed by atoms with van der Waals surface area (Å²) in [4.78, 5) is 21.8.